The van der Waals surface area contributed by atoms with Gasteiger partial charge in [0.15, 0.2) is 0 Å². The van der Waals surface area contributed by atoms with Gasteiger partial charge in [-0.3, -0.25) is 19.4 Å². The molecule has 0 bridgehead atoms. The molecule has 2 heterocycles. The number of aliphatic hydroxyl groups is 2. The molecule has 1 aliphatic carbocycles. The first-order valence-corrected chi connectivity index (χ1v) is 18.2. The molecule has 3 amide bonds. The van der Waals surface area contributed by atoms with E-state index in [0.29, 0.717) is 38.1 Å². The van der Waals surface area contributed by atoms with E-state index in [2.05, 4.69) is 20.6 Å². The predicted octanol–water partition coefficient (Wildman–Crippen LogP) is 3.94. The van der Waals surface area contributed by atoms with Gasteiger partial charge in [-0.2, -0.15) is 0 Å². The molecule has 11 heteroatoms. The summed E-state index contributed by atoms with van der Waals surface area (Å²) in [6, 6.07) is 13.5. The number of carbonyl (C=O) groups is 3. The van der Waals surface area contributed by atoms with Crippen molar-refractivity contribution in [3.8, 4) is 0 Å². The maximum atomic E-state index is 14.1. The lowest BCUT2D eigenvalue weighted by Crippen LogP contribution is -2.57. The molecule has 4 rings (SSSR count). The van der Waals surface area contributed by atoms with Gasteiger partial charge < -0.3 is 30.3 Å². The summed E-state index contributed by atoms with van der Waals surface area (Å²) in [5, 5.41) is 28.2. The topological polar surface area (TPSA) is 150 Å². The van der Waals surface area contributed by atoms with Crippen molar-refractivity contribution in [2.75, 3.05) is 13.6 Å². The summed E-state index contributed by atoms with van der Waals surface area (Å²) in [4.78, 5) is 51.8. The molecule has 5 atom stereocenters. The van der Waals surface area contributed by atoms with Crippen molar-refractivity contribution in [3.63, 3.8) is 0 Å². The van der Waals surface area contributed by atoms with Gasteiger partial charge in [-0.25, -0.2) is 4.98 Å². The molecule has 1 aliphatic rings. The molecule has 1 saturated carbocycles. The first kappa shape index (κ1) is 38.7. The number of benzene rings is 1. The van der Waals surface area contributed by atoms with Crippen LogP contribution in [0.3, 0.4) is 0 Å². The third-order valence-electron chi connectivity index (χ3n) is 9.72. The van der Waals surface area contributed by atoms with Crippen molar-refractivity contribution < 1.29 is 24.6 Å². The third kappa shape index (κ3) is 12.7. The molecule has 11 nitrogen and oxygen atoms in total. The Kier molecular flexibility index (Phi) is 15.4. The molecule has 0 radical (unpaired) electrons. The van der Waals surface area contributed by atoms with E-state index in [9.17, 15) is 24.6 Å². The molecule has 1 fully saturated rings. The van der Waals surface area contributed by atoms with Crippen LogP contribution < -0.4 is 10.6 Å². The molecule has 272 valence electrons. The third-order valence-corrected chi connectivity index (χ3v) is 9.72. The van der Waals surface area contributed by atoms with Gasteiger partial charge in [0.05, 0.1) is 30.9 Å². The van der Waals surface area contributed by atoms with E-state index in [1.807, 2.05) is 62.4 Å². The van der Waals surface area contributed by atoms with Crippen LogP contribution in [-0.2, 0) is 33.8 Å². The van der Waals surface area contributed by atoms with Gasteiger partial charge in [-0.05, 0) is 48.8 Å². The van der Waals surface area contributed by atoms with Gasteiger partial charge in [0.1, 0.15) is 12.1 Å². The van der Waals surface area contributed by atoms with Gasteiger partial charge in [0, 0.05) is 50.7 Å². The van der Waals surface area contributed by atoms with Gasteiger partial charge in [0.25, 0.3) is 0 Å². The van der Waals surface area contributed by atoms with Crippen LogP contribution in [0.15, 0.2) is 73.4 Å². The summed E-state index contributed by atoms with van der Waals surface area (Å²) < 4.78 is 1.72. The van der Waals surface area contributed by atoms with Gasteiger partial charge in [0.2, 0.25) is 17.7 Å². The molecule has 1 aromatic carbocycles. The molecule has 0 spiro atoms. The number of aromatic nitrogens is 3. The van der Waals surface area contributed by atoms with Crippen LogP contribution >= 0.6 is 0 Å². The molecule has 0 unspecified atom stereocenters. The fourth-order valence-electron chi connectivity index (χ4n) is 6.80. The number of hydrogen-bond donors (Lipinski definition) is 4. The summed E-state index contributed by atoms with van der Waals surface area (Å²) in [5.74, 6) is -1.30. The first-order valence-electron chi connectivity index (χ1n) is 18.2. The van der Waals surface area contributed by atoms with Gasteiger partial charge in [-0.15, -0.1) is 0 Å². The number of amides is 3. The highest BCUT2D eigenvalue weighted by molar-refractivity contribution is 5.91. The van der Waals surface area contributed by atoms with E-state index in [1.165, 1.54) is 6.42 Å². The predicted molar refractivity (Wildman–Crippen MR) is 193 cm³/mol. The Labute approximate surface area is 296 Å². The van der Waals surface area contributed by atoms with E-state index < -0.39 is 42.0 Å². The number of pyridine rings is 1. The summed E-state index contributed by atoms with van der Waals surface area (Å²) in [6.07, 6.45) is 11.7. The zero-order valence-corrected chi connectivity index (χ0v) is 29.9. The fraction of sp³-hybridized carbons (Fsp3) is 0.564. The molecular formula is C39H56N6O5. The zero-order valence-electron chi connectivity index (χ0n) is 29.9. The van der Waals surface area contributed by atoms with Crippen molar-refractivity contribution in [2.24, 2.45) is 17.8 Å². The van der Waals surface area contributed by atoms with Crippen molar-refractivity contribution in [1.29, 1.82) is 0 Å². The number of likely N-dealkylation sites (N-methyl/N-ethyl adjacent to an activating group) is 1. The Hall–Kier alpha value is -4.09. The molecule has 50 heavy (non-hydrogen) atoms. The second-order valence-corrected chi connectivity index (χ2v) is 14.3. The molecule has 4 N–H and O–H groups in total. The van der Waals surface area contributed by atoms with Gasteiger partial charge in [-0.1, -0.05) is 82.3 Å². The maximum absolute atomic E-state index is 14.1. The van der Waals surface area contributed by atoms with E-state index in [0.717, 1.165) is 36.9 Å². The van der Waals surface area contributed by atoms with Crippen molar-refractivity contribution in [1.82, 2.24) is 30.1 Å². The number of nitrogens with one attached hydrogen (secondary N) is 2. The normalized spacial score (nSPS) is 16.6. The minimum atomic E-state index is -1.15. The smallest absolute Gasteiger partial charge is 0.244 e. The Balaban J connectivity index is 1.52. The van der Waals surface area contributed by atoms with Crippen LogP contribution in [0.25, 0.3) is 0 Å². The minimum Gasteiger partial charge on any atom is -0.390 e. The standard InChI is InChI=1S/C39H56N6O5/c1-28(2)22-35(46)37(48)33(24-30-14-8-5-9-15-30)42-39(50)34(26-45-21-19-40-27-45)43-38(49)31(23-29-12-6-4-7-13-29)25-36(47)44(3)20-17-32-16-10-11-18-41-32/h4,6-7,10-13,16,18-19,21,27-28,30-31,33-35,37,46,48H,5,8-9,14-15,17,20,22-26H2,1-3H3,(H,42,50)(H,43,49)/t31-,33+,34+,35+,37-/m1/s1. The zero-order chi connectivity index (χ0) is 35.9. The van der Waals surface area contributed by atoms with E-state index >= 15 is 0 Å². The number of imidazole rings is 1. The second-order valence-electron chi connectivity index (χ2n) is 14.3. The SMILES string of the molecule is CC(C)C[C@H](O)[C@H](O)[C@H](CC1CCCCC1)NC(=O)[C@H](Cn1ccnc1)NC(=O)[C@@H](CC(=O)N(C)CCc1ccccn1)Cc1ccccc1. The minimum absolute atomic E-state index is 0.0384. The molecule has 3 aromatic rings. The lowest BCUT2D eigenvalue weighted by Gasteiger charge is -2.34. The summed E-state index contributed by atoms with van der Waals surface area (Å²) in [6.45, 7) is 4.52. The van der Waals surface area contributed by atoms with Crippen molar-refractivity contribution >= 4 is 17.7 Å². The number of rotatable bonds is 19. The van der Waals surface area contributed by atoms with Crippen LogP contribution in [0.2, 0.25) is 0 Å². The Morgan fingerprint density at radius 2 is 1.70 bits per heavy atom. The highest BCUT2D eigenvalue weighted by atomic mass is 16.3. The number of hydrogen-bond acceptors (Lipinski definition) is 7. The van der Waals surface area contributed by atoms with Gasteiger partial charge >= 0.3 is 0 Å². The van der Waals surface area contributed by atoms with Crippen LogP contribution in [0.4, 0.5) is 0 Å². The summed E-state index contributed by atoms with van der Waals surface area (Å²) >= 11 is 0. The van der Waals surface area contributed by atoms with Crippen LogP contribution in [0.5, 0.6) is 0 Å². The summed E-state index contributed by atoms with van der Waals surface area (Å²) in [5.41, 5.74) is 1.78. The highest BCUT2D eigenvalue weighted by Gasteiger charge is 2.34. The van der Waals surface area contributed by atoms with Crippen LogP contribution in [0, 0.1) is 17.8 Å². The fourth-order valence-corrected chi connectivity index (χ4v) is 6.80. The quantitative estimate of drug-likeness (QED) is 0.149. The number of carbonyl (C=O) groups excluding carboxylic acids is 3. The first-order chi connectivity index (χ1) is 24.1. The molecule has 0 aliphatic heterocycles. The average Bonchev–Trinajstić information content (AvgIpc) is 3.63. The lowest BCUT2D eigenvalue weighted by atomic mass is 9.82. The molecule has 2 aromatic heterocycles. The molecular weight excluding hydrogens is 632 g/mol. The van der Waals surface area contributed by atoms with Crippen molar-refractivity contribution in [3.05, 3.63) is 84.7 Å². The Morgan fingerprint density at radius 3 is 2.36 bits per heavy atom. The monoisotopic (exact) mass is 688 g/mol. The lowest BCUT2D eigenvalue weighted by molar-refractivity contribution is -0.137. The van der Waals surface area contributed by atoms with Crippen LogP contribution in [0.1, 0.15) is 76.5 Å². The molecule has 0 saturated heterocycles. The van der Waals surface area contributed by atoms with E-state index in [4.69, 9.17) is 0 Å². The average molecular weight is 689 g/mol. The number of aliphatic hydroxyl groups excluding tert-OH is 2. The highest BCUT2D eigenvalue weighted by Crippen LogP contribution is 2.29. The largest absolute Gasteiger partial charge is 0.390 e. The Morgan fingerprint density at radius 1 is 0.960 bits per heavy atom. The number of nitrogens with zero attached hydrogens (tertiary/aromatic N) is 4. The van der Waals surface area contributed by atoms with Crippen molar-refractivity contribution in [2.45, 2.75) is 109 Å². The van der Waals surface area contributed by atoms with E-state index in [1.54, 1.807) is 41.4 Å². The Bertz CT molecular complexity index is 1430. The maximum Gasteiger partial charge on any atom is 0.244 e. The second kappa shape index (κ2) is 19.9. The summed E-state index contributed by atoms with van der Waals surface area (Å²) in [7, 11) is 1.73. The van der Waals surface area contributed by atoms with E-state index in [-0.39, 0.29) is 24.8 Å². The van der Waals surface area contributed by atoms with Crippen LogP contribution in [-0.4, -0.2) is 85.3 Å².